The highest BCUT2D eigenvalue weighted by atomic mass is 35.5. The summed E-state index contributed by atoms with van der Waals surface area (Å²) in [4.78, 5) is 11.1. The number of hydrogen-bond acceptors (Lipinski definition) is 4. The van der Waals surface area contributed by atoms with Gasteiger partial charge in [-0.3, -0.25) is 9.40 Å². The van der Waals surface area contributed by atoms with Gasteiger partial charge in [-0.1, -0.05) is 17.7 Å². The molecule has 0 aliphatic heterocycles. The molecule has 2 aromatic rings. The van der Waals surface area contributed by atoms with Crippen LogP contribution in [0.4, 0.5) is 5.69 Å². The van der Waals surface area contributed by atoms with Gasteiger partial charge in [0.1, 0.15) is 5.56 Å². The van der Waals surface area contributed by atoms with Crippen LogP contribution in [0.3, 0.4) is 0 Å². The van der Waals surface area contributed by atoms with E-state index in [0.717, 1.165) is 4.68 Å². The van der Waals surface area contributed by atoms with E-state index in [1.165, 1.54) is 37.5 Å². The second kappa shape index (κ2) is 5.14. The van der Waals surface area contributed by atoms with E-state index >= 15 is 0 Å². The number of aromatic carboxylic acids is 1. The number of rotatable bonds is 4. The zero-order valence-electron chi connectivity index (χ0n) is 10.2. The maximum atomic E-state index is 12.2. The van der Waals surface area contributed by atoms with Crippen molar-refractivity contribution >= 4 is 33.3 Å². The van der Waals surface area contributed by atoms with Crippen LogP contribution >= 0.6 is 11.6 Å². The second-order valence-corrected chi connectivity index (χ2v) is 5.90. The molecule has 0 aliphatic carbocycles. The summed E-state index contributed by atoms with van der Waals surface area (Å²) < 4.78 is 27.7. The molecule has 0 radical (unpaired) electrons. The van der Waals surface area contributed by atoms with Gasteiger partial charge in [0.25, 0.3) is 10.0 Å². The standard InChI is InChI=1S/C11H10ClN3O4S/c1-15-9(5-6-13-15)20(18,19)14-8-4-2-3-7(12)10(8)11(16)17/h2-6,14H,1H3,(H,16,17). The zero-order valence-corrected chi connectivity index (χ0v) is 11.8. The van der Waals surface area contributed by atoms with Crippen molar-refractivity contribution in [2.45, 2.75) is 5.03 Å². The number of aryl methyl sites for hydroxylation is 1. The third kappa shape index (κ3) is 2.61. The minimum absolute atomic E-state index is 0.0530. The van der Waals surface area contributed by atoms with E-state index in [9.17, 15) is 13.2 Å². The Bertz CT molecular complexity index is 770. The normalized spacial score (nSPS) is 11.3. The first-order valence-electron chi connectivity index (χ1n) is 5.35. The summed E-state index contributed by atoms with van der Waals surface area (Å²) in [6.45, 7) is 0. The third-order valence-corrected chi connectivity index (χ3v) is 4.28. The largest absolute Gasteiger partial charge is 0.478 e. The lowest BCUT2D eigenvalue weighted by atomic mass is 10.2. The molecule has 0 fully saturated rings. The van der Waals surface area contributed by atoms with Gasteiger partial charge < -0.3 is 5.11 Å². The molecule has 1 aromatic carbocycles. The summed E-state index contributed by atoms with van der Waals surface area (Å²) in [5.41, 5.74) is -0.411. The molecule has 1 heterocycles. The Kier molecular flexibility index (Phi) is 3.69. The molecule has 106 valence electrons. The van der Waals surface area contributed by atoms with Gasteiger partial charge in [-0.2, -0.15) is 13.5 Å². The van der Waals surface area contributed by atoms with Gasteiger partial charge in [-0.25, -0.2) is 4.79 Å². The van der Waals surface area contributed by atoms with Crippen LogP contribution in [-0.4, -0.2) is 29.3 Å². The summed E-state index contributed by atoms with van der Waals surface area (Å²) in [7, 11) is -2.48. The molecule has 0 atom stereocenters. The van der Waals surface area contributed by atoms with Crippen molar-refractivity contribution < 1.29 is 18.3 Å². The van der Waals surface area contributed by atoms with Crippen molar-refractivity contribution in [1.29, 1.82) is 0 Å². The molecule has 0 aliphatic rings. The highest BCUT2D eigenvalue weighted by Gasteiger charge is 2.22. The Balaban J connectivity index is 2.48. The van der Waals surface area contributed by atoms with Crippen LogP contribution in [0.2, 0.25) is 5.02 Å². The average molecular weight is 316 g/mol. The van der Waals surface area contributed by atoms with Gasteiger partial charge in [0.15, 0.2) is 5.03 Å². The van der Waals surface area contributed by atoms with Crippen molar-refractivity contribution in [2.75, 3.05) is 4.72 Å². The quantitative estimate of drug-likeness (QED) is 0.891. The first kappa shape index (κ1) is 14.4. The third-order valence-electron chi connectivity index (χ3n) is 2.52. The monoisotopic (exact) mass is 315 g/mol. The van der Waals surface area contributed by atoms with Crippen molar-refractivity contribution in [1.82, 2.24) is 9.78 Å². The van der Waals surface area contributed by atoms with Crippen molar-refractivity contribution in [2.24, 2.45) is 7.05 Å². The topological polar surface area (TPSA) is 101 Å². The van der Waals surface area contributed by atoms with Gasteiger partial charge in [0, 0.05) is 7.05 Å². The van der Waals surface area contributed by atoms with Crippen LogP contribution in [0.1, 0.15) is 10.4 Å². The number of carbonyl (C=O) groups is 1. The summed E-state index contributed by atoms with van der Waals surface area (Å²) in [5, 5.41) is 12.7. The summed E-state index contributed by atoms with van der Waals surface area (Å²) in [6.07, 6.45) is 1.32. The van der Waals surface area contributed by atoms with Gasteiger partial charge in [0.05, 0.1) is 16.9 Å². The molecule has 0 unspecified atom stereocenters. The lowest BCUT2D eigenvalue weighted by Crippen LogP contribution is -2.18. The van der Waals surface area contributed by atoms with Gasteiger partial charge in [-0.15, -0.1) is 0 Å². The number of nitrogens with one attached hydrogen (secondary N) is 1. The highest BCUT2D eigenvalue weighted by Crippen LogP contribution is 2.26. The number of aromatic nitrogens is 2. The molecule has 0 bridgehead atoms. The first-order valence-corrected chi connectivity index (χ1v) is 7.21. The van der Waals surface area contributed by atoms with Crippen molar-refractivity contribution in [3.63, 3.8) is 0 Å². The van der Waals surface area contributed by atoms with E-state index in [-0.39, 0.29) is 21.3 Å². The lowest BCUT2D eigenvalue weighted by molar-refractivity contribution is 0.0698. The molecule has 0 saturated carbocycles. The minimum atomic E-state index is -3.94. The minimum Gasteiger partial charge on any atom is -0.478 e. The van der Waals surface area contributed by atoms with E-state index in [1.807, 2.05) is 0 Å². The predicted octanol–water partition coefficient (Wildman–Crippen LogP) is 1.57. The summed E-state index contributed by atoms with van der Waals surface area (Å²) in [6, 6.07) is 5.44. The maximum absolute atomic E-state index is 12.2. The number of halogens is 1. The van der Waals surface area contributed by atoms with Crippen LogP contribution < -0.4 is 4.72 Å². The van der Waals surface area contributed by atoms with Crippen molar-refractivity contribution in [3.8, 4) is 0 Å². The number of benzene rings is 1. The summed E-state index contributed by atoms with van der Waals surface area (Å²) in [5.74, 6) is -1.32. The Morgan fingerprint density at radius 3 is 2.65 bits per heavy atom. The molecule has 1 aromatic heterocycles. The van der Waals surface area contributed by atoms with Gasteiger partial charge >= 0.3 is 5.97 Å². The zero-order chi connectivity index (χ0) is 14.9. The van der Waals surface area contributed by atoms with E-state index in [0.29, 0.717) is 0 Å². The molecule has 7 nitrogen and oxygen atoms in total. The molecule has 0 spiro atoms. The Morgan fingerprint density at radius 2 is 2.10 bits per heavy atom. The Hall–Kier alpha value is -2.06. The van der Waals surface area contributed by atoms with E-state index in [2.05, 4.69) is 9.82 Å². The number of anilines is 1. The van der Waals surface area contributed by atoms with E-state index in [1.54, 1.807) is 0 Å². The second-order valence-electron chi connectivity index (χ2n) is 3.87. The fourth-order valence-corrected chi connectivity index (χ4v) is 3.10. The first-order chi connectivity index (χ1) is 9.33. The fraction of sp³-hybridized carbons (Fsp3) is 0.0909. The van der Waals surface area contributed by atoms with E-state index < -0.39 is 16.0 Å². The van der Waals surface area contributed by atoms with Crippen LogP contribution in [0.5, 0.6) is 0 Å². The van der Waals surface area contributed by atoms with Crippen LogP contribution in [-0.2, 0) is 17.1 Å². The molecule has 2 N–H and O–H groups in total. The molecule has 0 amide bonds. The van der Waals surface area contributed by atoms with Crippen LogP contribution in [0.15, 0.2) is 35.5 Å². The number of carboxylic acid groups (broad SMARTS) is 1. The van der Waals surface area contributed by atoms with Crippen LogP contribution in [0, 0.1) is 0 Å². The van der Waals surface area contributed by atoms with Crippen molar-refractivity contribution in [3.05, 3.63) is 41.0 Å². The SMILES string of the molecule is Cn1nccc1S(=O)(=O)Nc1cccc(Cl)c1C(=O)O. The Labute approximate surface area is 119 Å². The van der Waals surface area contributed by atoms with E-state index in [4.69, 9.17) is 16.7 Å². The average Bonchev–Trinajstić information content (AvgIpc) is 2.75. The number of sulfonamides is 1. The van der Waals surface area contributed by atoms with Gasteiger partial charge in [-0.05, 0) is 18.2 Å². The van der Waals surface area contributed by atoms with Crippen LogP contribution in [0.25, 0.3) is 0 Å². The predicted molar refractivity (Wildman–Crippen MR) is 72.4 cm³/mol. The highest BCUT2D eigenvalue weighted by molar-refractivity contribution is 7.92. The molecular weight excluding hydrogens is 306 g/mol. The molecule has 0 saturated heterocycles. The number of nitrogens with zero attached hydrogens (tertiary/aromatic N) is 2. The van der Waals surface area contributed by atoms with Gasteiger partial charge in [0.2, 0.25) is 0 Å². The number of carboxylic acids is 1. The molecule has 2 rings (SSSR count). The fourth-order valence-electron chi connectivity index (χ4n) is 1.65. The number of hydrogen-bond donors (Lipinski definition) is 2. The molecular formula is C11H10ClN3O4S. The Morgan fingerprint density at radius 1 is 1.40 bits per heavy atom. The lowest BCUT2D eigenvalue weighted by Gasteiger charge is -2.11. The molecule has 9 heteroatoms. The summed E-state index contributed by atoms with van der Waals surface area (Å²) >= 11 is 5.78. The molecule has 20 heavy (non-hydrogen) atoms. The smallest absolute Gasteiger partial charge is 0.339 e. The maximum Gasteiger partial charge on any atom is 0.339 e.